The van der Waals surface area contributed by atoms with Crippen LogP contribution in [0.25, 0.3) is 0 Å². The molecule has 0 aliphatic carbocycles. The Morgan fingerprint density at radius 1 is 1.12 bits per heavy atom. The lowest BCUT2D eigenvalue weighted by Gasteiger charge is -2.34. The Bertz CT molecular complexity index is 301. The molecule has 1 saturated heterocycles. The Balaban J connectivity index is 2.53. The van der Waals surface area contributed by atoms with Gasteiger partial charge in [-0.25, -0.2) is 8.42 Å². The van der Waals surface area contributed by atoms with Gasteiger partial charge in [-0.15, -0.1) is 0 Å². The van der Waals surface area contributed by atoms with Gasteiger partial charge in [-0.1, -0.05) is 13.8 Å². The zero-order chi connectivity index (χ0) is 12.3. The summed E-state index contributed by atoms with van der Waals surface area (Å²) in [5, 5.41) is -0.0927. The maximum atomic E-state index is 12.1. The van der Waals surface area contributed by atoms with Crippen LogP contribution < -0.4 is 0 Å². The molecule has 0 saturated carbocycles. The van der Waals surface area contributed by atoms with Crippen LogP contribution in [0.2, 0.25) is 0 Å². The second-order valence-electron chi connectivity index (χ2n) is 5.55. The SMILES string of the molecule is CC(C)CS(=O)(=O)C1CCN(C(C)C)CC1. The summed E-state index contributed by atoms with van der Waals surface area (Å²) in [6.45, 7) is 10.1. The summed E-state index contributed by atoms with van der Waals surface area (Å²) in [6.07, 6.45) is 1.63. The molecule has 0 atom stereocenters. The molecule has 0 aromatic rings. The van der Waals surface area contributed by atoms with Crippen LogP contribution in [0.3, 0.4) is 0 Å². The monoisotopic (exact) mass is 247 g/mol. The molecule has 1 fully saturated rings. The number of nitrogens with zero attached hydrogens (tertiary/aromatic N) is 1. The third-order valence-electron chi connectivity index (χ3n) is 3.28. The van der Waals surface area contributed by atoms with E-state index in [1.54, 1.807) is 0 Å². The Labute approximate surface area is 100 Å². The fourth-order valence-corrected chi connectivity index (χ4v) is 4.48. The van der Waals surface area contributed by atoms with Gasteiger partial charge in [0.2, 0.25) is 0 Å². The highest BCUT2D eigenvalue weighted by Crippen LogP contribution is 2.21. The second kappa shape index (κ2) is 5.50. The predicted octanol–water partition coefficient (Wildman–Crippen LogP) is 1.93. The van der Waals surface area contributed by atoms with Gasteiger partial charge < -0.3 is 4.90 Å². The minimum Gasteiger partial charge on any atom is -0.301 e. The van der Waals surface area contributed by atoms with E-state index >= 15 is 0 Å². The average molecular weight is 247 g/mol. The van der Waals surface area contributed by atoms with Crippen molar-refractivity contribution in [1.29, 1.82) is 0 Å². The highest BCUT2D eigenvalue weighted by molar-refractivity contribution is 7.92. The molecule has 1 rings (SSSR count). The first-order valence-electron chi connectivity index (χ1n) is 6.28. The Kier molecular flexibility index (Phi) is 4.80. The van der Waals surface area contributed by atoms with Crippen molar-refractivity contribution in [1.82, 2.24) is 4.90 Å². The predicted molar refractivity (Wildman–Crippen MR) is 68.4 cm³/mol. The zero-order valence-electron chi connectivity index (χ0n) is 10.9. The second-order valence-corrected chi connectivity index (χ2v) is 7.88. The van der Waals surface area contributed by atoms with Gasteiger partial charge in [-0.3, -0.25) is 0 Å². The van der Waals surface area contributed by atoms with E-state index in [1.165, 1.54) is 0 Å². The molecular weight excluding hydrogens is 222 g/mol. The number of sulfone groups is 1. The molecule has 0 amide bonds. The van der Waals surface area contributed by atoms with Crippen molar-refractivity contribution in [2.24, 2.45) is 5.92 Å². The van der Waals surface area contributed by atoms with Gasteiger partial charge in [0.25, 0.3) is 0 Å². The third kappa shape index (κ3) is 3.74. The minimum atomic E-state index is -2.86. The smallest absolute Gasteiger partial charge is 0.153 e. The normalized spacial score (nSPS) is 20.9. The first-order valence-corrected chi connectivity index (χ1v) is 8.00. The van der Waals surface area contributed by atoms with Crippen LogP contribution in [0.15, 0.2) is 0 Å². The van der Waals surface area contributed by atoms with Gasteiger partial charge in [0, 0.05) is 6.04 Å². The van der Waals surface area contributed by atoms with Gasteiger partial charge in [-0.05, 0) is 45.7 Å². The van der Waals surface area contributed by atoms with Crippen LogP contribution in [-0.2, 0) is 9.84 Å². The summed E-state index contributed by atoms with van der Waals surface area (Å²) in [5.74, 6) is 0.590. The molecule has 0 bridgehead atoms. The summed E-state index contributed by atoms with van der Waals surface area (Å²) >= 11 is 0. The Morgan fingerprint density at radius 2 is 1.62 bits per heavy atom. The number of likely N-dealkylation sites (tertiary alicyclic amines) is 1. The van der Waals surface area contributed by atoms with E-state index in [2.05, 4.69) is 18.7 Å². The molecule has 1 aliphatic heterocycles. The van der Waals surface area contributed by atoms with Crippen LogP contribution >= 0.6 is 0 Å². The molecule has 1 heterocycles. The van der Waals surface area contributed by atoms with E-state index in [-0.39, 0.29) is 11.2 Å². The lowest BCUT2D eigenvalue weighted by molar-refractivity contribution is 0.186. The van der Waals surface area contributed by atoms with Crippen molar-refractivity contribution in [3.05, 3.63) is 0 Å². The van der Waals surface area contributed by atoms with Crippen LogP contribution in [0.5, 0.6) is 0 Å². The molecule has 1 aliphatic rings. The number of piperidine rings is 1. The zero-order valence-corrected chi connectivity index (χ0v) is 11.8. The number of hydrogen-bond acceptors (Lipinski definition) is 3. The number of rotatable bonds is 4. The number of hydrogen-bond donors (Lipinski definition) is 0. The quantitative estimate of drug-likeness (QED) is 0.762. The third-order valence-corrected chi connectivity index (χ3v) is 5.90. The fraction of sp³-hybridized carbons (Fsp3) is 1.00. The van der Waals surface area contributed by atoms with Gasteiger partial charge in [0.05, 0.1) is 11.0 Å². The van der Waals surface area contributed by atoms with Gasteiger partial charge in [0.1, 0.15) is 0 Å². The standard InChI is InChI=1S/C12H25NO2S/c1-10(2)9-16(14,15)12-5-7-13(8-6-12)11(3)4/h10-12H,5-9H2,1-4H3. The van der Waals surface area contributed by atoms with Crippen molar-refractivity contribution in [3.8, 4) is 0 Å². The molecule has 0 unspecified atom stereocenters. The molecule has 0 spiro atoms. The van der Waals surface area contributed by atoms with E-state index in [0.29, 0.717) is 11.8 Å². The van der Waals surface area contributed by atoms with Crippen LogP contribution in [0.1, 0.15) is 40.5 Å². The molecule has 3 nitrogen and oxygen atoms in total. The van der Waals surface area contributed by atoms with Crippen LogP contribution in [0.4, 0.5) is 0 Å². The van der Waals surface area contributed by atoms with Crippen molar-refractivity contribution in [2.45, 2.75) is 51.8 Å². The summed E-state index contributed by atoms with van der Waals surface area (Å²) in [4.78, 5) is 2.36. The average Bonchev–Trinajstić information content (AvgIpc) is 2.16. The minimum absolute atomic E-state index is 0.0927. The summed E-state index contributed by atoms with van der Waals surface area (Å²) in [6, 6.07) is 0.536. The van der Waals surface area contributed by atoms with Crippen molar-refractivity contribution >= 4 is 9.84 Å². The molecular formula is C12H25NO2S. The van der Waals surface area contributed by atoms with Gasteiger partial charge >= 0.3 is 0 Å². The van der Waals surface area contributed by atoms with Crippen LogP contribution in [0, 0.1) is 5.92 Å². The highest BCUT2D eigenvalue weighted by Gasteiger charge is 2.30. The van der Waals surface area contributed by atoms with E-state index in [4.69, 9.17) is 0 Å². The molecule has 4 heteroatoms. The fourth-order valence-electron chi connectivity index (χ4n) is 2.35. The van der Waals surface area contributed by atoms with Crippen molar-refractivity contribution in [2.75, 3.05) is 18.8 Å². The largest absolute Gasteiger partial charge is 0.301 e. The maximum Gasteiger partial charge on any atom is 0.153 e. The maximum absolute atomic E-state index is 12.1. The van der Waals surface area contributed by atoms with Gasteiger partial charge in [-0.2, -0.15) is 0 Å². The van der Waals surface area contributed by atoms with Crippen LogP contribution in [-0.4, -0.2) is 43.5 Å². The Hall–Kier alpha value is -0.0900. The lowest BCUT2D eigenvalue weighted by Crippen LogP contribution is -2.43. The first-order chi connectivity index (χ1) is 7.33. The summed E-state index contributed by atoms with van der Waals surface area (Å²) in [5.41, 5.74) is 0. The lowest BCUT2D eigenvalue weighted by atomic mass is 10.1. The van der Waals surface area contributed by atoms with Crippen molar-refractivity contribution < 1.29 is 8.42 Å². The van der Waals surface area contributed by atoms with E-state index < -0.39 is 9.84 Å². The van der Waals surface area contributed by atoms with E-state index in [0.717, 1.165) is 25.9 Å². The highest BCUT2D eigenvalue weighted by atomic mass is 32.2. The molecule has 0 aromatic heterocycles. The Morgan fingerprint density at radius 3 is 2.00 bits per heavy atom. The first kappa shape index (κ1) is 14.0. The van der Waals surface area contributed by atoms with E-state index in [1.807, 2.05) is 13.8 Å². The summed E-state index contributed by atoms with van der Waals surface area (Å²) in [7, 11) is -2.86. The van der Waals surface area contributed by atoms with Gasteiger partial charge in [0.15, 0.2) is 9.84 Å². The summed E-state index contributed by atoms with van der Waals surface area (Å²) < 4.78 is 24.1. The molecule has 96 valence electrons. The molecule has 0 radical (unpaired) electrons. The van der Waals surface area contributed by atoms with Crippen molar-refractivity contribution in [3.63, 3.8) is 0 Å². The molecule has 0 N–H and O–H groups in total. The molecule has 0 aromatic carbocycles. The van der Waals surface area contributed by atoms with E-state index in [9.17, 15) is 8.42 Å². The molecule has 16 heavy (non-hydrogen) atoms. The topological polar surface area (TPSA) is 37.4 Å².